The van der Waals surface area contributed by atoms with Crippen molar-refractivity contribution in [2.24, 2.45) is 0 Å². The number of fused-ring (bicyclic) bond motifs is 1. The third-order valence-corrected chi connectivity index (χ3v) is 4.84. The molecule has 1 saturated heterocycles. The molecule has 1 atom stereocenters. The second kappa shape index (κ2) is 10.1. The predicted octanol–water partition coefficient (Wildman–Crippen LogP) is 5.71. The van der Waals surface area contributed by atoms with Crippen molar-refractivity contribution in [3.05, 3.63) is 54.5 Å². The van der Waals surface area contributed by atoms with Crippen LogP contribution in [0.2, 0.25) is 0 Å². The van der Waals surface area contributed by atoms with Crippen molar-refractivity contribution in [3.8, 4) is 11.4 Å². The fraction of sp³-hybridized carbons (Fsp3) is 0.333. The van der Waals surface area contributed by atoms with Crippen LogP contribution in [0.25, 0.3) is 22.3 Å². The second-order valence-corrected chi connectivity index (χ2v) is 7.62. The Morgan fingerprint density at radius 2 is 2.03 bits per heavy atom. The first-order chi connectivity index (χ1) is 14.0. The number of nitrogens with one attached hydrogen (secondary N) is 1. The van der Waals surface area contributed by atoms with Gasteiger partial charge < -0.3 is 14.6 Å². The summed E-state index contributed by atoms with van der Waals surface area (Å²) >= 11 is 9.87. The SMILES string of the molecule is CC(Cl)OC(=O)Cl.Fc1ccc2c(c1)cc(-c1ccccn1)n2C1CCNCC1. The fourth-order valence-corrected chi connectivity index (χ4v) is 3.76. The van der Waals surface area contributed by atoms with Crippen molar-refractivity contribution < 1.29 is 13.9 Å². The number of carbonyl (C=O) groups excluding carboxylic acids is 1. The van der Waals surface area contributed by atoms with Gasteiger partial charge in [-0.2, -0.15) is 0 Å². The minimum Gasteiger partial charge on any atom is -0.434 e. The Bertz CT molecular complexity index is 957. The van der Waals surface area contributed by atoms with Crippen LogP contribution in [0, 0.1) is 5.82 Å². The highest BCUT2D eigenvalue weighted by atomic mass is 35.5. The smallest absolute Gasteiger partial charge is 0.405 e. The lowest BCUT2D eigenvalue weighted by molar-refractivity contribution is 0.166. The molecule has 8 heteroatoms. The van der Waals surface area contributed by atoms with Gasteiger partial charge in [-0.15, -0.1) is 0 Å². The number of rotatable bonds is 3. The van der Waals surface area contributed by atoms with Crippen molar-refractivity contribution in [1.29, 1.82) is 0 Å². The monoisotopic (exact) mass is 437 g/mol. The van der Waals surface area contributed by atoms with E-state index < -0.39 is 11.0 Å². The third kappa shape index (κ3) is 5.69. The van der Waals surface area contributed by atoms with Gasteiger partial charge in [-0.3, -0.25) is 4.98 Å². The molecular formula is C21H22Cl2FN3O2. The maximum absolute atomic E-state index is 13.6. The van der Waals surface area contributed by atoms with Crippen molar-refractivity contribution in [2.75, 3.05) is 13.1 Å². The first-order valence-electron chi connectivity index (χ1n) is 9.38. The number of carbonyl (C=O) groups is 1. The lowest BCUT2D eigenvalue weighted by Gasteiger charge is -2.27. The number of hydrogen-bond donors (Lipinski definition) is 1. The summed E-state index contributed by atoms with van der Waals surface area (Å²) in [5, 5.41) is 4.35. The van der Waals surface area contributed by atoms with E-state index >= 15 is 0 Å². The van der Waals surface area contributed by atoms with Crippen LogP contribution in [0.3, 0.4) is 0 Å². The zero-order valence-corrected chi connectivity index (χ0v) is 17.5. The van der Waals surface area contributed by atoms with E-state index in [0.717, 1.165) is 48.2 Å². The van der Waals surface area contributed by atoms with E-state index in [1.165, 1.54) is 6.92 Å². The second-order valence-electron chi connectivity index (χ2n) is 6.70. The molecule has 1 aromatic carbocycles. The number of piperidine rings is 1. The summed E-state index contributed by atoms with van der Waals surface area (Å²) in [6.45, 7) is 3.54. The highest BCUT2D eigenvalue weighted by molar-refractivity contribution is 6.61. The van der Waals surface area contributed by atoms with Gasteiger partial charge in [0.1, 0.15) is 5.82 Å². The van der Waals surface area contributed by atoms with Crippen LogP contribution in [0.4, 0.5) is 9.18 Å². The number of alkyl halides is 1. The lowest BCUT2D eigenvalue weighted by Crippen LogP contribution is -2.29. The van der Waals surface area contributed by atoms with Crippen molar-refractivity contribution in [1.82, 2.24) is 14.9 Å². The average Bonchev–Trinajstić information content (AvgIpc) is 3.07. The number of nitrogens with zero attached hydrogens (tertiary/aromatic N) is 2. The van der Waals surface area contributed by atoms with Crippen LogP contribution in [-0.4, -0.2) is 33.6 Å². The molecule has 0 radical (unpaired) electrons. The minimum absolute atomic E-state index is 0.192. The zero-order chi connectivity index (χ0) is 20.8. The quantitative estimate of drug-likeness (QED) is 0.420. The first kappa shape index (κ1) is 21.6. The molecule has 0 saturated carbocycles. The van der Waals surface area contributed by atoms with Crippen LogP contribution in [0.5, 0.6) is 0 Å². The predicted molar refractivity (Wildman–Crippen MR) is 114 cm³/mol. The Morgan fingerprint density at radius 1 is 1.28 bits per heavy atom. The van der Waals surface area contributed by atoms with Gasteiger partial charge in [0, 0.05) is 34.7 Å². The van der Waals surface area contributed by atoms with Gasteiger partial charge in [0.05, 0.1) is 11.4 Å². The standard InChI is InChI=1S/C18H18FN3.C3H4Cl2O2/c19-14-4-5-17-13(11-14)12-18(16-3-1-2-8-21-16)22(17)15-6-9-20-10-7-15;1-2(4)7-3(5)6/h1-5,8,11-12,15,20H,6-7,9-10H2;2H,1H3. The molecule has 3 aromatic rings. The maximum Gasteiger partial charge on any atom is 0.405 e. The Balaban J connectivity index is 0.000000298. The molecule has 0 aliphatic carbocycles. The molecular weight excluding hydrogens is 416 g/mol. The van der Waals surface area contributed by atoms with E-state index in [1.54, 1.807) is 18.3 Å². The van der Waals surface area contributed by atoms with Crippen molar-refractivity contribution in [2.45, 2.75) is 31.4 Å². The van der Waals surface area contributed by atoms with Gasteiger partial charge >= 0.3 is 5.43 Å². The minimum atomic E-state index is -0.873. The van der Waals surface area contributed by atoms with Crippen molar-refractivity contribution in [3.63, 3.8) is 0 Å². The molecule has 0 amide bonds. The summed E-state index contributed by atoms with van der Waals surface area (Å²) in [6.07, 6.45) is 3.97. The molecule has 29 heavy (non-hydrogen) atoms. The molecule has 1 unspecified atom stereocenters. The number of halogens is 3. The summed E-state index contributed by atoms with van der Waals surface area (Å²) in [5.74, 6) is -0.192. The Hall–Kier alpha value is -2.15. The molecule has 4 rings (SSSR count). The third-order valence-electron chi connectivity index (χ3n) is 4.66. The Kier molecular flexibility index (Phi) is 7.47. The van der Waals surface area contributed by atoms with Gasteiger partial charge in [0.15, 0.2) is 5.56 Å². The van der Waals surface area contributed by atoms with E-state index in [-0.39, 0.29) is 5.82 Å². The Morgan fingerprint density at radius 3 is 2.62 bits per heavy atom. The number of aromatic nitrogens is 2. The van der Waals surface area contributed by atoms with E-state index in [4.69, 9.17) is 23.2 Å². The van der Waals surface area contributed by atoms with Gasteiger partial charge in [0.2, 0.25) is 0 Å². The number of hydrogen-bond acceptors (Lipinski definition) is 4. The van der Waals surface area contributed by atoms with Crippen LogP contribution < -0.4 is 5.32 Å². The summed E-state index contributed by atoms with van der Waals surface area (Å²) in [5.41, 5.74) is 1.60. The molecule has 1 aliphatic heterocycles. The molecule has 154 valence electrons. The number of pyridine rings is 1. The summed E-state index contributed by atoms with van der Waals surface area (Å²) in [4.78, 5) is 14.2. The van der Waals surface area contributed by atoms with Gasteiger partial charge in [-0.05, 0) is 69.3 Å². The van der Waals surface area contributed by atoms with Crippen LogP contribution >= 0.6 is 23.2 Å². The zero-order valence-electron chi connectivity index (χ0n) is 15.9. The molecule has 2 aromatic heterocycles. The highest BCUT2D eigenvalue weighted by Gasteiger charge is 2.21. The van der Waals surface area contributed by atoms with Gasteiger partial charge in [-0.25, -0.2) is 9.18 Å². The molecule has 1 fully saturated rings. The normalized spacial score (nSPS) is 15.4. The van der Waals surface area contributed by atoms with E-state index in [2.05, 4.69) is 25.7 Å². The molecule has 5 nitrogen and oxygen atoms in total. The largest absolute Gasteiger partial charge is 0.434 e. The summed E-state index contributed by atoms with van der Waals surface area (Å²) in [7, 11) is 0. The summed E-state index contributed by atoms with van der Waals surface area (Å²) in [6, 6.07) is 13.5. The van der Waals surface area contributed by atoms with Crippen molar-refractivity contribution >= 4 is 39.5 Å². The topological polar surface area (TPSA) is 56.1 Å². The number of benzene rings is 1. The van der Waals surface area contributed by atoms with Gasteiger partial charge in [0.25, 0.3) is 0 Å². The molecule has 0 bridgehead atoms. The van der Waals surface area contributed by atoms with E-state index in [1.807, 2.05) is 24.3 Å². The number of ether oxygens (including phenoxy) is 1. The molecule has 0 spiro atoms. The maximum atomic E-state index is 13.6. The van der Waals surface area contributed by atoms with E-state index in [9.17, 15) is 9.18 Å². The Labute approximate surface area is 178 Å². The van der Waals surface area contributed by atoms with E-state index in [0.29, 0.717) is 6.04 Å². The van der Waals surface area contributed by atoms with Crippen LogP contribution in [-0.2, 0) is 4.74 Å². The molecule has 1 N–H and O–H groups in total. The molecule has 3 heterocycles. The lowest BCUT2D eigenvalue weighted by atomic mass is 10.1. The van der Waals surface area contributed by atoms with Gasteiger partial charge in [-0.1, -0.05) is 17.7 Å². The fourth-order valence-electron chi connectivity index (χ4n) is 3.50. The highest BCUT2D eigenvalue weighted by Crippen LogP contribution is 2.34. The first-order valence-corrected chi connectivity index (χ1v) is 10.2. The van der Waals surface area contributed by atoms with Crippen LogP contribution in [0.15, 0.2) is 48.7 Å². The molecule has 1 aliphatic rings. The average molecular weight is 438 g/mol. The van der Waals surface area contributed by atoms with Crippen LogP contribution in [0.1, 0.15) is 25.8 Å². The summed E-state index contributed by atoms with van der Waals surface area (Å²) < 4.78 is 20.1.